The van der Waals surface area contributed by atoms with Gasteiger partial charge < -0.3 is 0 Å². The SMILES string of the molecule is Clc1nnc(C=Cc2ccccc2)c2ccccc12. The predicted molar refractivity (Wildman–Crippen MR) is 79.9 cm³/mol. The van der Waals surface area contributed by atoms with E-state index in [4.69, 9.17) is 11.6 Å². The molecule has 0 N–H and O–H groups in total. The fourth-order valence-electron chi connectivity index (χ4n) is 1.95. The summed E-state index contributed by atoms with van der Waals surface area (Å²) in [7, 11) is 0. The Labute approximate surface area is 116 Å². The van der Waals surface area contributed by atoms with E-state index in [1.54, 1.807) is 0 Å². The van der Waals surface area contributed by atoms with Gasteiger partial charge in [-0.25, -0.2) is 0 Å². The molecule has 0 aliphatic carbocycles. The summed E-state index contributed by atoms with van der Waals surface area (Å²) in [5.41, 5.74) is 1.95. The molecule has 92 valence electrons. The lowest BCUT2D eigenvalue weighted by Crippen LogP contribution is -1.90. The van der Waals surface area contributed by atoms with Crippen molar-refractivity contribution >= 4 is 34.5 Å². The maximum absolute atomic E-state index is 6.05. The maximum atomic E-state index is 6.05. The van der Waals surface area contributed by atoms with Crippen LogP contribution >= 0.6 is 11.6 Å². The summed E-state index contributed by atoms with van der Waals surface area (Å²) in [6.45, 7) is 0. The third-order valence-corrected chi connectivity index (χ3v) is 3.18. The van der Waals surface area contributed by atoms with Crippen molar-refractivity contribution in [2.24, 2.45) is 0 Å². The van der Waals surface area contributed by atoms with Crippen LogP contribution in [0.5, 0.6) is 0 Å². The van der Waals surface area contributed by atoms with Crippen molar-refractivity contribution in [2.45, 2.75) is 0 Å². The van der Waals surface area contributed by atoms with Gasteiger partial charge in [0.2, 0.25) is 0 Å². The van der Waals surface area contributed by atoms with Gasteiger partial charge in [-0.1, -0.05) is 72.3 Å². The van der Waals surface area contributed by atoms with Gasteiger partial charge >= 0.3 is 0 Å². The van der Waals surface area contributed by atoms with Gasteiger partial charge in [0.25, 0.3) is 0 Å². The molecule has 0 aliphatic rings. The standard InChI is InChI=1S/C16H11ClN2/c17-16-14-9-5-4-8-13(14)15(18-19-16)11-10-12-6-2-1-3-7-12/h1-11H. The summed E-state index contributed by atoms with van der Waals surface area (Å²) >= 11 is 6.05. The van der Waals surface area contributed by atoms with Crippen LogP contribution in [0.3, 0.4) is 0 Å². The Morgan fingerprint density at radius 1 is 0.737 bits per heavy atom. The first-order chi connectivity index (χ1) is 9.34. The van der Waals surface area contributed by atoms with Crippen LogP contribution in [0.15, 0.2) is 54.6 Å². The van der Waals surface area contributed by atoms with Crippen molar-refractivity contribution in [2.75, 3.05) is 0 Å². The Morgan fingerprint density at radius 2 is 1.42 bits per heavy atom. The van der Waals surface area contributed by atoms with Crippen LogP contribution in [0, 0.1) is 0 Å². The van der Waals surface area contributed by atoms with Crippen molar-refractivity contribution in [1.82, 2.24) is 10.2 Å². The minimum Gasteiger partial charge on any atom is -0.149 e. The zero-order valence-electron chi connectivity index (χ0n) is 10.1. The Hall–Kier alpha value is -2.19. The first kappa shape index (κ1) is 11.9. The molecule has 3 rings (SSSR count). The fourth-order valence-corrected chi connectivity index (χ4v) is 2.16. The predicted octanol–water partition coefficient (Wildman–Crippen LogP) is 4.45. The lowest BCUT2D eigenvalue weighted by Gasteiger charge is -2.01. The molecule has 1 aromatic heterocycles. The van der Waals surface area contributed by atoms with Crippen molar-refractivity contribution in [1.29, 1.82) is 0 Å². The van der Waals surface area contributed by atoms with Crippen LogP contribution in [-0.4, -0.2) is 10.2 Å². The quantitative estimate of drug-likeness (QED) is 0.685. The van der Waals surface area contributed by atoms with Gasteiger partial charge in [0.1, 0.15) is 0 Å². The van der Waals surface area contributed by atoms with Gasteiger partial charge in [-0.2, -0.15) is 0 Å². The lowest BCUT2D eigenvalue weighted by atomic mass is 10.1. The van der Waals surface area contributed by atoms with E-state index in [-0.39, 0.29) is 0 Å². The highest BCUT2D eigenvalue weighted by molar-refractivity contribution is 6.34. The number of halogens is 1. The monoisotopic (exact) mass is 266 g/mol. The van der Waals surface area contributed by atoms with Crippen LogP contribution in [0.25, 0.3) is 22.9 Å². The highest BCUT2D eigenvalue weighted by Crippen LogP contribution is 2.23. The lowest BCUT2D eigenvalue weighted by molar-refractivity contribution is 1.04. The average Bonchev–Trinajstić information content (AvgIpc) is 2.48. The second-order valence-corrected chi connectivity index (χ2v) is 4.52. The van der Waals surface area contributed by atoms with Crippen LogP contribution in [-0.2, 0) is 0 Å². The second kappa shape index (κ2) is 5.21. The number of fused-ring (bicyclic) bond motifs is 1. The van der Waals surface area contributed by atoms with Crippen molar-refractivity contribution in [3.8, 4) is 0 Å². The minimum atomic E-state index is 0.437. The van der Waals surface area contributed by atoms with Crippen molar-refractivity contribution in [3.05, 3.63) is 71.0 Å². The minimum absolute atomic E-state index is 0.437. The van der Waals surface area contributed by atoms with E-state index < -0.39 is 0 Å². The van der Waals surface area contributed by atoms with Crippen LogP contribution in [0.2, 0.25) is 5.15 Å². The first-order valence-corrected chi connectivity index (χ1v) is 6.36. The molecule has 3 aromatic rings. The van der Waals surface area contributed by atoms with Crippen molar-refractivity contribution < 1.29 is 0 Å². The van der Waals surface area contributed by atoms with E-state index in [0.717, 1.165) is 22.0 Å². The third-order valence-electron chi connectivity index (χ3n) is 2.90. The molecule has 0 aliphatic heterocycles. The summed E-state index contributed by atoms with van der Waals surface area (Å²) in [6.07, 6.45) is 3.98. The number of aromatic nitrogens is 2. The van der Waals surface area contributed by atoms with Crippen LogP contribution in [0.1, 0.15) is 11.3 Å². The van der Waals surface area contributed by atoms with E-state index in [0.29, 0.717) is 5.15 Å². The summed E-state index contributed by atoms with van der Waals surface area (Å²) in [5.74, 6) is 0. The Kier molecular flexibility index (Phi) is 3.25. The van der Waals surface area contributed by atoms with E-state index in [1.165, 1.54) is 0 Å². The molecule has 1 heterocycles. The summed E-state index contributed by atoms with van der Waals surface area (Å²) < 4.78 is 0. The zero-order valence-corrected chi connectivity index (χ0v) is 10.9. The molecule has 3 heteroatoms. The largest absolute Gasteiger partial charge is 0.159 e. The molecule has 2 aromatic carbocycles. The molecule has 0 saturated heterocycles. The Morgan fingerprint density at radius 3 is 2.21 bits per heavy atom. The second-order valence-electron chi connectivity index (χ2n) is 4.17. The molecule has 0 atom stereocenters. The molecule has 0 unspecified atom stereocenters. The zero-order chi connectivity index (χ0) is 13.1. The first-order valence-electron chi connectivity index (χ1n) is 5.98. The summed E-state index contributed by atoms with van der Waals surface area (Å²) in [6, 6.07) is 18.0. The molecule has 0 bridgehead atoms. The number of hydrogen-bond acceptors (Lipinski definition) is 2. The van der Waals surface area contributed by atoms with E-state index in [1.807, 2.05) is 66.7 Å². The fraction of sp³-hybridized carbons (Fsp3) is 0. The highest BCUT2D eigenvalue weighted by Gasteiger charge is 2.04. The normalized spacial score (nSPS) is 11.2. The molecule has 19 heavy (non-hydrogen) atoms. The van der Waals surface area contributed by atoms with E-state index >= 15 is 0 Å². The number of hydrogen-bond donors (Lipinski definition) is 0. The summed E-state index contributed by atoms with van der Waals surface area (Å²) in [4.78, 5) is 0. The number of rotatable bonds is 2. The van der Waals surface area contributed by atoms with Crippen LogP contribution in [0.4, 0.5) is 0 Å². The van der Waals surface area contributed by atoms with Gasteiger partial charge in [-0.05, 0) is 11.6 Å². The van der Waals surface area contributed by atoms with Gasteiger partial charge in [0, 0.05) is 10.8 Å². The molecule has 0 spiro atoms. The van der Waals surface area contributed by atoms with Crippen molar-refractivity contribution in [3.63, 3.8) is 0 Å². The molecule has 0 radical (unpaired) electrons. The molecular weight excluding hydrogens is 256 g/mol. The molecular formula is C16H11ClN2. The molecule has 0 fully saturated rings. The average molecular weight is 267 g/mol. The topological polar surface area (TPSA) is 25.8 Å². The Balaban J connectivity index is 2.07. The van der Waals surface area contributed by atoms with Gasteiger partial charge in [-0.15, -0.1) is 10.2 Å². The molecule has 0 amide bonds. The van der Waals surface area contributed by atoms with Gasteiger partial charge in [0.15, 0.2) is 5.15 Å². The highest BCUT2D eigenvalue weighted by atomic mass is 35.5. The Bertz CT molecular complexity index is 736. The number of nitrogens with zero attached hydrogens (tertiary/aromatic N) is 2. The third kappa shape index (κ3) is 2.49. The summed E-state index contributed by atoms with van der Waals surface area (Å²) in [5, 5.41) is 10.5. The van der Waals surface area contributed by atoms with Crippen LogP contribution < -0.4 is 0 Å². The van der Waals surface area contributed by atoms with Gasteiger partial charge in [0.05, 0.1) is 5.69 Å². The van der Waals surface area contributed by atoms with Gasteiger partial charge in [-0.3, -0.25) is 0 Å². The number of benzene rings is 2. The molecule has 0 saturated carbocycles. The smallest absolute Gasteiger partial charge is 0.149 e. The van der Waals surface area contributed by atoms with E-state index in [2.05, 4.69) is 10.2 Å². The van der Waals surface area contributed by atoms with E-state index in [9.17, 15) is 0 Å². The molecule has 2 nitrogen and oxygen atoms in total. The maximum Gasteiger partial charge on any atom is 0.159 e.